The molecule has 0 aromatic carbocycles. The summed E-state index contributed by atoms with van der Waals surface area (Å²) in [6.07, 6.45) is -6.57. The third kappa shape index (κ3) is 7.59. The van der Waals surface area contributed by atoms with Gasteiger partial charge in [0.15, 0.2) is 12.4 Å². The number of hydrogen-bond donors (Lipinski definition) is 7. The first-order chi connectivity index (χ1) is 11.9. The Morgan fingerprint density at radius 3 is 2.04 bits per heavy atom. The van der Waals surface area contributed by atoms with E-state index in [4.69, 9.17) is 30.5 Å². The van der Waals surface area contributed by atoms with Gasteiger partial charge in [0.1, 0.15) is 30.4 Å². The van der Waals surface area contributed by atoms with Crippen molar-refractivity contribution in [2.45, 2.75) is 63.6 Å². The van der Waals surface area contributed by atoms with Crippen molar-refractivity contribution in [3.8, 4) is 0 Å². The maximum Gasteiger partial charge on any atom is 0.332 e. The molecule has 1 heterocycles. The van der Waals surface area contributed by atoms with Crippen molar-refractivity contribution in [3.05, 3.63) is 0 Å². The number of aliphatic hydroxyl groups excluding tert-OH is 3. The number of nitrogens with two attached hydrogens (primary N) is 1. The van der Waals surface area contributed by atoms with E-state index in [0.29, 0.717) is 0 Å². The molecule has 0 bridgehead atoms. The fourth-order valence-electron chi connectivity index (χ4n) is 1.93. The van der Waals surface area contributed by atoms with Crippen LogP contribution in [-0.2, 0) is 23.9 Å². The molecule has 1 unspecified atom stereocenters. The van der Waals surface area contributed by atoms with Crippen molar-refractivity contribution in [1.82, 2.24) is 5.32 Å². The summed E-state index contributed by atoms with van der Waals surface area (Å²) >= 11 is 0. The van der Waals surface area contributed by atoms with Crippen LogP contribution < -0.4 is 11.1 Å². The van der Waals surface area contributed by atoms with E-state index in [0.717, 1.165) is 0 Å². The van der Waals surface area contributed by atoms with Gasteiger partial charge in [-0.2, -0.15) is 0 Å². The molecule has 1 aliphatic heterocycles. The monoisotopic (exact) mass is 382 g/mol. The first-order valence-corrected chi connectivity index (χ1v) is 7.68. The molecule has 0 saturated carbocycles. The minimum atomic E-state index is -1.54. The molecule has 0 spiro atoms. The molecule has 1 saturated heterocycles. The Bertz CT molecular complexity index is 486. The number of aliphatic hydroxyl groups is 3. The minimum Gasteiger partial charge on any atom is -0.480 e. The molecule has 0 aliphatic carbocycles. The number of ether oxygens (including phenoxy) is 2. The number of aliphatic carboxylic acids is 2. The van der Waals surface area contributed by atoms with E-state index in [-0.39, 0.29) is 0 Å². The molecule has 1 rings (SSSR count). The van der Waals surface area contributed by atoms with Crippen LogP contribution in [-0.4, -0.2) is 92.8 Å². The molecule has 12 nitrogen and oxygen atoms in total. The van der Waals surface area contributed by atoms with Crippen molar-refractivity contribution in [1.29, 1.82) is 0 Å². The minimum absolute atomic E-state index is 0.510. The molecule has 1 aliphatic rings. The van der Waals surface area contributed by atoms with Gasteiger partial charge < -0.3 is 46.1 Å². The van der Waals surface area contributed by atoms with Crippen LogP contribution in [0, 0.1) is 0 Å². The van der Waals surface area contributed by atoms with Gasteiger partial charge in [-0.25, -0.2) is 4.79 Å². The second-order valence-corrected chi connectivity index (χ2v) is 5.67. The normalized spacial score (nSPS) is 30.3. The smallest absolute Gasteiger partial charge is 0.332 e. The average molecular weight is 382 g/mol. The Morgan fingerprint density at radius 2 is 1.69 bits per heavy atom. The van der Waals surface area contributed by atoms with Gasteiger partial charge in [0.25, 0.3) is 0 Å². The molecule has 7 atom stereocenters. The number of carbonyl (C=O) groups is 3. The van der Waals surface area contributed by atoms with E-state index < -0.39 is 67.2 Å². The van der Waals surface area contributed by atoms with E-state index in [1.54, 1.807) is 0 Å². The second-order valence-electron chi connectivity index (χ2n) is 5.67. The zero-order chi connectivity index (χ0) is 20.6. The highest BCUT2D eigenvalue weighted by atomic mass is 16.6. The summed E-state index contributed by atoms with van der Waals surface area (Å²) in [5, 5.41) is 47.8. The number of nitrogens with one attached hydrogen (secondary N) is 1. The first-order valence-electron chi connectivity index (χ1n) is 7.68. The standard InChI is InChI=1S/C11H19NO8.C3H7NO2/c1-4(10(16)17)19-9-7(12-5(2)14)11(18)20-6(3-13)8(9)15;1-2(4)3(5)6/h4,6-9,11,13,15,18H,3H2,1-2H3,(H,12,14)(H,16,17);2H,4H2,1H3,(H,5,6)/t4-,6-,7-,8-,9-,11?;2-/m10/s1. The molecule has 8 N–H and O–H groups in total. The van der Waals surface area contributed by atoms with Crippen LogP contribution in [0.4, 0.5) is 0 Å². The fraction of sp³-hybridized carbons (Fsp3) is 0.786. The van der Waals surface area contributed by atoms with E-state index in [1.807, 2.05) is 0 Å². The van der Waals surface area contributed by atoms with E-state index in [1.165, 1.54) is 20.8 Å². The van der Waals surface area contributed by atoms with E-state index in [2.05, 4.69) is 5.32 Å². The lowest BCUT2D eigenvalue weighted by Crippen LogP contribution is -2.65. The van der Waals surface area contributed by atoms with Gasteiger partial charge in [0.2, 0.25) is 5.91 Å². The Balaban J connectivity index is 0.000000896. The third-order valence-corrected chi connectivity index (χ3v) is 3.34. The summed E-state index contributed by atoms with van der Waals surface area (Å²) < 4.78 is 10.1. The predicted molar refractivity (Wildman–Crippen MR) is 84.8 cm³/mol. The number of rotatable bonds is 6. The number of carboxylic acids is 2. The Kier molecular flexibility index (Phi) is 10.2. The zero-order valence-corrected chi connectivity index (χ0v) is 14.6. The van der Waals surface area contributed by atoms with E-state index >= 15 is 0 Å². The predicted octanol–water partition coefficient (Wildman–Crippen LogP) is -3.16. The van der Waals surface area contributed by atoms with Crippen molar-refractivity contribution in [3.63, 3.8) is 0 Å². The lowest BCUT2D eigenvalue weighted by molar-refractivity contribution is -0.267. The molecule has 152 valence electrons. The van der Waals surface area contributed by atoms with Crippen molar-refractivity contribution in [2.24, 2.45) is 5.73 Å². The molecule has 1 fully saturated rings. The summed E-state index contributed by atoms with van der Waals surface area (Å²) in [5.41, 5.74) is 4.84. The van der Waals surface area contributed by atoms with Crippen LogP contribution in [0.2, 0.25) is 0 Å². The third-order valence-electron chi connectivity index (χ3n) is 3.34. The number of carbonyl (C=O) groups excluding carboxylic acids is 1. The Hall–Kier alpha value is -1.83. The quantitative estimate of drug-likeness (QED) is 0.244. The summed E-state index contributed by atoms with van der Waals surface area (Å²) in [7, 11) is 0. The molecular weight excluding hydrogens is 356 g/mol. The van der Waals surface area contributed by atoms with Gasteiger partial charge in [-0.05, 0) is 13.8 Å². The molecule has 26 heavy (non-hydrogen) atoms. The van der Waals surface area contributed by atoms with Crippen LogP contribution in [0.3, 0.4) is 0 Å². The lowest BCUT2D eigenvalue weighted by atomic mass is 9.96. The highest BCUT2D eigenvalue weighted by molar-refractivity contribution is 5.73. The number of carboxylic acid groups (broad SMARTS) is 2. The van der Waals surface area contributed by atoms with Crippen molar-refractivity contribution < 1.29 is 49.4 Å². The van der Waals surface area contributed by atoms with Gasteiger partial charge in [0, 0.05) is 6.92 Å². The topological polar surface area (TPSA) is 209 Å². The number of hydrogen-bond acceptors (Lipinski definition) is 9. The van der Waals surface area contributed by atoms with Gasteiger partial charge in [-0.15, -0.1) is 0 Å². The summed E-state index contributed by atoms with van der Waals surface area (Å²) in [5.74, 6) is -2.74. The Morgan fingerprint density at radius 1 is 1.19 bits per heavy atom. The lowest BCUT2D eigenvalue weighted by Gasteiger charge is -2.42. The SMILES string of the molecule is CC(=O)N[C@H]1C(O)O[C@H](CO)[C@@H](O)[C@@H]1O[C@H](C)C(=O)O.C[C@H](N)C(=O)O. The van der Waals surface area contributed by atoms with Crippen molar-refractivity contribution >= 4 is 17.8 Å². The summed E-state index contributed by atoms with van der Waals surface area (Å²) in [6, 6.07) is -1.88. The largest absolute Gasteiger partial charge is 0.480 e. The first kappa shape index (κ1) is 24.2. The number of amides is 1. The molecule has 0 aromatic rings. The molecule has 1 amide bonds. The zero-order valence-electron chi connectivity index (χ0n) is 14.6. The van der Waals surface area contributed by atoms with Gasteiger partial charge in [-0.1, -0.05) is 0 Å². The van der Waals surface area contributed by atoms with Gasteiger partial charge >= 0.3 is 11.9 Å². The highest BCUT2D eigenvalue weighted by Crippen LogP contribution is 2.23. The maximum absolute atomic E-state index is 11.1. The highest BCUT2D eigenvalue weighted by Gasteiger charge is 2.46. The van der Waals surface area contributed by atoms with Gasteiger partial charge in [-0.3, -0.25) is 9.59 Å². The maximum atomic E-state index is 11.1. The van der Waals surface area contributed by atoms with Crippen LogP contribution in [0.5, 0.6) is 0 Å². The summed E-state index contributed by atoms with van der Waals surface area (Å²) in [4.78, 5) is 31.5. The second kappa shape index (κ2) is 11.0. The molecular formula is C14H26N2O10. The Labute approximate surface area is 149 Å². The molecule has 0 radical (unpaired) electrons. The van der Waals surface area contributed by atoms with Gasteiger partial charge in [0.05, 0.1) is 6.61 Å². The van der Waals surface area contributed by atoms with Crippen LogP contribution >= 0.6 is 0 Å². The molecule has 0 aromatic heterocycles. The molecule has 12 heteroatoms. The van der Waals surface area contributed by atoms with Crippen LogP contribution in [0.15, 0.2) is 0 Å². The van der Waals surface area contributed by atoms with Crippen LogP contribution in [0.1, 0.15) is 20.8 Å². The fourth-order valence-corrected chi connectivity index (χ4v) is 1.93. The summed E-state index contributed by atoms with van der Waals surface area (Å²) in [6.45, 7) is 3.26. The van der Waals surface area contributed by atoms with Crippen molar-refractivity contribution in [2.75, 3.05) is 6.61 Å². The average Bonchev–Trinajstić information content (AvgIpc) is 2.53. The van der Waals surface area contributed by atoms with E-state index in [9.17, 15) is 24.6 Å². The van der Waals surface area contributed by atoms with Crippen LogP contribution in [0.25, 0.3) is 0 Å².